The van der Waals surface area contributed by atoms with Crippen molar-refractivity contribution in [1.29, 1.82) is 0 Å². The summed E-state index contributed by atoms with van der Waals surface area (Å²) in [5.41, 5.74) is 2.44. The van der Waals surface area contributed by atoms with Gasteiger partial charge in [-0.15, -0.1) is 0 Å². The number of hydrogen-bond donors (Lipinski definition) is 0. The first kappa shape index (κ1) is 11.8. The van der Waals surface area contributed by atoms with Gasteiger partial charge in [-0.3, -0.25) is 0 Å². The van der Waals surface area contributed by atoms with E-state index in [4.69, 9.17) is 4.42 Å². The smallest absolute Gasteiger partial charge is 0.134 e. The van der Waals surface area contributed by atoms with E-state index < -0.39 is 0 Å². The van der Waals surface area contributed by atoms with E-state index in [0.717, 1.165) is 17.1 Å². The average Bonchev–Trinajstić information content (AvgIpc) is 2.71. The molecule has 0 unspecified atom stereocenters. The first-order valence-electron chi connectivity index (χ1n) is 6.52. The standard InChI is InChI=1S/C18H16O/c1-14-12-13-18(19-14)17-11-7-6-10-16(17)15-8-4-2-3-5-9-15/h2-13,15H,1H3. The van der Waals surface area contributed by atoms with Crippen LogP contribution in [-0.4, -0.2) is 0 Å². The Bertz CT molecular complexity index is 640. The van der Waals surface area contributed by atoms with E-state index in [2.05, 4.69) is 60.7 Å². The van der Waals surface area contributed by atoms with Gasteiger partial charge >= 0.3 is 0 Å². The summed E-state index contributed by atoms with van der Waals surface area (Å²) in [5.74, 6) is 2.17. The van der Waals surface area contributed by atoms with Crippen LogP contribution in [0.1, 0.15) is 17.2 Å². The lowest BCUT2D eigenvalue weighted by atomic mass is 9.92. The normalized spacial score (nSPS) is 14.8. The minimum Gasteiger partial charge on any atom is -0.461 e. The first-order valence-corrected chi connectivity index (χ1v) is 6.52. The molecule has 0 bridgehead atoms. The Balaban J connectivity index is 2.07. The third-order valence-corrected chi connectivity index (χ3v) is 3.30. The van der Waals surface area contributed by atoms with Crippen molar-refractivity contribution in [2.45, 2.75) is 12.8 Å². The summed E-state index contributed by atoms with van der Waals surface area (Å²) in [6.07, 6.45) is 12.7. The Morgan fingerprint density at radius 3 is 2.26 bits per heavy atom. The van der Waals surface area contributed by atoms with Crippen molar-refractivity contribution in [2.75, 3.05) is 0 Å². The van der Waals surface area contributed by atoms with Crippen molar-refractivity contribution in [3.8, 4) is 11.3 Å². The van der Waals surface area contributed by atoms with Gasteiger partial charge in [0.1, 0.15) is 11.5 Å². The van der Waals surface area contributed by atoms with E-state index in [0.29, 0.717) is 0 Å². The largest absolute Gasteiger partial charge is 0.461 e. The molecule has 0 spiro atoms. The Kier molecular flexibility index (Phi) is 3.20. The van der Waals surface area contributed by atoms with Crippen LogP contribution in [0.3, 0.4) is 0 Å². The number of hydrogen-bond acceptors (Lipinski definition) is 1. The van der Waals surface area contributed by atoms with Crippen LogP contribution in [-0.2, 0) is 0 Å². The third-order valence-electron chi connectivity index (χ3n) is 3.30. The van der Waals surface area contributed by atoms with Crippen molar-refractivity contribution >= 4 is 0 Å². The van der Waals surface area contributed by atoms with Crippen molar-refractivity contribution in [3.63, 3.8) is 0 Å². The van der Waals surface area contributed by atoms with Crippen LogP contribution < -0.4 is 0 Å². The van der Waals surface area contributed by atoms with Gasteiger partial charge in [0.05, 0.1) is 0 Å². The van der Waals surface area contributed by atoms with Gasteiger partial charge in [-0.1, -0.05) is 60.7 Å². The van der Waals surface area contributed by atoms with Crippen molar-refractivity contribution in [2.24, 2.45) is 0 Å². The van der Waals surface area contributed by atoms with Crippen molar-refractivity contribution in [1.82, 2.24) is 0 Å². The van der Waals surface area contributed by atoms with E-state index in [9.17, 15) is 0 Å². The summed E-state index contributed by atoms with van der Waals surface area (Å²) in [4.78, 5) is 0. The highest BCUT2D eigenvalue weighted by atomic mass is 16.3. The fraction of sp³-hybridized carbons (Fsp3) is 0.111. The Morgan fingerprint density at radius 2 is 1.58 bits per heavy atom. The second-order valence-corrected chi connectivity index (χ2v) is 4.68. The molecule has 0 radical (unpaired) electrons. The zero-order valence-corrected chi connectivity index (χ0v) is 10.9. The molecule has 1 heteroatoms. The Morgan fingerprint density at radius 1 is 0.842 bits per heavy atom. The molecule has 1 heterocycles. The molecule has 0 fully saturated rings. The lowest BCUT2D eigenvalue weighted by molar-refractivity contribution is 0.547. The van der Waals surface area contributed by atoms with Crippen LogP contribution in [0.15, 0.2) is 77.3 Å². The fourth-order valence-corrected chi connectivity index (χ4v) is 2.36. The number of benzene rings is 1. The molecule has 1 aliphatic rings. The predicted octanol–water partition coefficient (Wildman–Crippen LogP) is 5.02. The Labute approximate surface area is 113 Å². The molecule has 94 valence electrons. The third kappa shape index (κ3) is 2.45. The SMILES string of the molecule is Cc1ccc(-c2ccccc2C2C=CC=CC=C2)o1. The van der Waals surface area contributed by atoms with E-state index in [1.807, 2.05) is 19.1 Å². The average molecular weight is 248 g/mol. The predicted molar refractivity (Wildman–Crippen MR) is 79.0 cm³/mol. The minimum atomic E-state index is 0.289. The van der Waals surface area contributed by atoms with Crippen molar-refractivity contribution < 1.29 is 4.42 Å². The Hall–Kier alpha value is -2.28. The second-order valence-electron chi connectivity index (χ2n) is 4.68. The topological polar surface area (TPSA) is 13.1 Å². The number of furan rings is 1. The maximum atomic E-state index is 5.77. The molecular formula is C18H16O. The van der Waals surface area contributed by atoms with Crippen LogP contribution in [0.2, 0.25) is 0 Å². The second kappa shape index (κ2) is 5.15. The highest BCUT2D eigenvalue weighted by Gasteiger charge is 2.13. The highest BCUT2D eigenvalue weighted by molar-refractivity contribution is 5.64. The molecule has 0 aliphatic heterocycles. The minimum absolute atomic E-state index is 0.289. The van der Waals surface area contributed by atoms with Gasteiger partial charge in [0.2, 0.25) is 0 Å². The molecule has 1 nitrogen and oxygen atoms in total. The number of aryl methyl sites for hydroxylation is 1. The van der Waals surface area contributed by atoms with Crippen LogP contribution in [0.4, 0.5) is 0 Å². The molecule has 1 aromatic heterocycles. The maximum Gasteiger partial charge on any atom is 0.134 e. The molecule has 3 rings (SSSR count). The highest BCUT2D eigenvalue weighted by Crippen LogP contribution is 2.32. The zero-order chi connectivity index (χ0) is 13.1. The van der Waals surface area contributed by atoms with Gasteiger partial charge in [-0.2, -0.15) is 0 Å². The first-order chi connectivity index (χ1) is 9.34. The van der Waals surface area contributed by atoms with Crippen molar-refractivity contribution in [3.05, 3.63) is 84.2 Å². The van der Waals surface area contributed by atoms with Crippen LogP contribution >= 0.6 is 0 Å². The van der Waals surface area contributed by atoms with Gasteiger partial charge in [-0.25, -0.2) is 0 Å². The molecule has 0 N–H and O–H groups in total. The van der Waals surface area contributed by atoms with E-state index in [-0.39, 0.29) is 5.92 Å². The van der Waals surface area contributed by atoms with Gasteiger partial charge < -0.3 is 4.42 Å². The van der Waals surface area contributed by atoms with E-state index in [1.165, 1.54) is 5.56 Å². The lowest BCUT2D eigenvalue weighted by Gasteiger charge is -2.12. The molecular weight excluding hydrogens is 232 g/mol. The maximum absolute atomic E-state index is 5.77. The summed E-state index contributed by atoms with van der Waals surface area (Å²) >= 11 is 0. The lowest BCUT2D eigenvalue weighted by Crippen LogP contribution is -1.94. The molecule has 2 aromatic rings. The molecule has 1 aromatic carbocycles. The molecule has 0 saturated heterocycles. The molecule has 19 heavy (non-hydrogen) atoms. The van der Waals surface area contributed by atoms with E-state index in [1.54, 1.807) is 0 Å². The summed E-state index contributed by atoms with van der Waals surface area (Å²) in [6.45, 7) is 1.97. The van der Waals surface area contributed by atoms with Crippen LogP contribution in [0.25, 0.3) is 11.3 Å². The van der Waals surface area contributed by atoms with Gasteiger partial charge in [0.25, 0.3) is 0 Å². The fourth-order valence-electron chi connectivity index (χ4n) is 2.36. The van der Waals surface area contributed by atoms with Gasteiger partial charge in [0, 0.05) is 11.5 Å². The van der Waals surface area contributed by atoms with Crippen LogP contribution in [0, 0.1) is 6.92 Å². The monoisotopic (exact) mass is 248 g/mol. The van der Waals surface area contributed by atoms with Gasteiger partial charge in [0.15, 0.2) is 0 Å². The molecule has 0 amide bonds. The summed E-state index contributed by atoms with van der Waals surface area (Å²) in [7, 11) is 0. The zero-order valence-electron chi connectivity index (χ0n) is 10.9. The number of rotatable bonds is 2. The quantitative estimate of drug-likeness (QED) is 0.727. The summed E-state index contributed by atoms with van der Waals surface area (Å²) in [5, 5.41) is 0. The summed E-state index contributed by atoms with van der Waals surface area (Å²) < 4.78 is 5.77. The molecule has 1 aliphatic carbocycles. The number of allylic oxidation sites excluding steroid dienone is 6. The van der Waals surface area contributed by atoms with E-state index >= 15 is 0 Å². The summed E-state index contributed by atoms with van der Waals surface area (Å²) in [6, 6.07) is 12.5. The van der Waals surface area contributed by atoms with Crippen LogP contribution in [0.5, 0.6) is 0 Å². The molecule has 0 saturated carbocycles. The molecule has 0 atom stereocenters. The van der Waals surface area contributed by atoms with Gasteiger partial charge in [-0.05, 0) is 24.6 Å².